The fourth-order valence-electron chi connectivity index (χ4n) is 3.08. The van der Waals surface area contributed by atoms with Crippen LogP contribution in [-0.4, -0.2) is 22.8 Å². The molecule has 0 fully saturated rings. The first-order chi connectivity index (χ1) is 13.5. The second-order valence-corrected chi connectivity index (χ2v) is 6.60. The van der Waals surface area contributed by atoms with E-state index in [0.717, 1.165) is 22.6 Å². The number of methoxy groups -OCH3 is 1. The molecule has 0 bridgehead atoms. The Morgan fingerprint density at radius 1 is 1.07 bits per heavy atom. The van der Waals surface area contributed by atoms with Gasteiger partial charge in [0.1, 0.15) is 5.75 Å². The minimum atomic E-state index is -0.0268. The number of hydrogen-bond donors (Lipinski definition) is 1. The zero-order valence-corrected chi connectivity index (χ0v) is 16.7. The Morgan fingerprint density at radius 3 is 2.36 bits per heavy atom. The van der Waals surface area contributed by atoms with E-state index < -0.39 is 0 Å². The van der Waals surface area contributed by atoms with Crippen molar-refractivity contribution < 1.29 is 14.3 Å². The van der Waals surface area contributed by atoms with Crippen LogP contribution in [-0.2, 0) is 18.3 Å². The Morgan fingerprint density at radius 2 is 1.75 bits per heavy atom. The van der Waals surface area contributed by atoms with E-state index in [4.69, 9.17) is 9.47 Å². The van der Waals surface area contributed by atoms with Crippen molar-refractivity contribution >= 4 is 11.6 Å². The topological polar surface area (TPSA) is 65.4 Å². The van der Waals surface area contributed by atoms with Gasteiger partial charge in [-0.15, -0.1) is 0 Å². The Labute approximate surface area is 165 Å². The molecule has 3 aromatic rings. The minimum absolute atomic E-state index is 0.0268. The summed E-state index contributed by atoms with van der Waals surface area (Å²) in [5.41, 5.74) is 3.95. The number of anilines is 1. The van der Waals surface area contributed by atoms with E-state index in [1.807, 2.05) is 74.1 Å². The quantitative estimate of drug-likeness (QED) is 0.660. The van der Waals surface area contributed by atoms with E-state index in [1.165, 1.54) is 0 Å². The van der Waals surface area contributed by atoms with Gasteiger partial charge in [-0.25, -0.2) is 0 Å². The van der Waals surface area contributed by atoms with Crippen LogP contribution in [0.15, 0.2) is 48.5 Å². The molecular formula is C22H25N3O3. The van der Waals surface area contributed by atoms with Crippen molar-refractivity contribution in [1.29, 1.82) is 0 Å². The molecule has 6 nitrogen and oxygen atoms in total. The zero-order chi connectivity index (χ0) is 20.1. The van der Waals surface area contributed by atoms with Gasteiger partial charge in [-0.1, -0.05) is 12.1 Å². The van der Waals surface area contributed by atoms with Crippen LogP contribution in [0.25, 0.3) is 0 Å². The molecule has 0 aliphatic carbocycles. The molecule has 1 heterocycles. The van der Waals surface area contributed by atoms with Gasteiger partial charge in [0.15, 0.2) is 11.5 Å². The number of aromatic nitrogens is 2. The molecule has 146 valence electrons. The average Bonchev–Trinajstić information content (AvgIpc) is 2.93. The minimum Gasteiger partial charge on any atom is -0.493 e. The lowest BCUT2D eigenvalue weighted by Gasteiger charge is -2.11. The first-order valence-electron chi connectivity index (χ1n) is 9.17. The highest BCUT2D eigenvalue weighted by Crippen LogP contribution is 2.31. The predicted octanol–water partition coefficient (Wildman–Crippen LogP) is 4.41. The van der Waals surface area contributed by atoms with Crippen molar-refractivity contribution in [2.24, 2.45) is 7.05 Å². The van der Waals surface area contributed by atoms with Gasteiger partial charge in [0.05, 0.1) is 12.8 Å². The second kappa shape index (κ2) is 8.61. The number of para-hydroxylation sites is 2. The van der Waals surface area contributed by atoms with Gasteiger partial charge in [-0.3, -0.25) is 9.48 Å². The molecule has 1 N–H and O–H groups in total. The van der Waals surface area contributed by atoms with Crippen LogP contribution in [0.2, 0.25) is 0 Å². The number of nitrogens with one attached hydrogen (secondary N) is 1. The maximum atomic E-state index is 12.3. The molecule has 0 saturated heterocycles. The van der Waals surface area contributed by atoms with Crippen LogP contribution in [0.5, 0.6) is 17.2 Å². The van der Waals surface area contributed by atoms with Crippen LogP contribution in [0.3, 0.4) is 0 Å². The molecule has 0 unspecified atom stereocenters. The number of aryl methyl sites for hydroxylation is 2. The summed E-state index contributed by atoms with van der Waals surface area (Å²) in [5.74, 6) is 1.95. The number of ether oxygens (including phenoxy) is 2. The third-order valence-corrected chi connectivity index (χ3v) is 4.70. The molecule has 3 rings (SSSR count). The van der Waals surface area contributed by atoms with Crippen LogP contribution in [0, 0.1) is 13.8 Å². The summed E-state index contributed by atoms with van der Waals surface area (Å²) in [6.45, 7) is 3.99. The molecule has 0 radical (unpaired) electrons. The summed E-state index contributed by atoms with van der Waals surface area (Å²) < 4.78 is 13.0. The van der Waals surface area contributed by atoms with Crippen molar-refractivity contribution in [3.05, 3.63) is 65.5 Å². The summed E-state index contributed by atoms with van der Waals surface area (Å²) in [6.07, 6.45) is 1.08. The van der Waals surface area contributed by atoms with Crippen molar-refractivity contribution in [1.82, 2.24) is 9.78 Å². The molecule has 0 atom stereocenters. The summed E-state index contributed by atoms with van der Waals surface area (Å²) in [6, 6.07) is 14.7. The molecule has 0 aliphatic rings. The number of carbonyl (C=O) groups is 1. The highest BCUT2D eigenvalue weighted by Gasteiger charge is 2.12. The van der Waals surface area contributed by atoms with Gasteiger partial charge >= 0.3 is 0 Å². The third-order valence-electron chi connectivity index (χ3n) is 4.70. The normalized spacial score (nSPS) is 10.6. The third kappa shape index (κ3) is 4.52. The SMILES string of the molecule is COc1ccccc1Oc1ccc(NC(=O)CCc2c(C)nn(C)c2C)cc1. The standard InChI is InChI=1S/C22H25N3O3/c1-15-19(16(2)25(3)24-15)13-14-22(26)23-17-9-11-18(12-10-17)28-21-8-6-5-7-20(21)27-4/h5-12H,13-14H2,1-4H3,(H,23,26). The molecule has 0 aliphatic heterocycles. The van der Waals surface area contributed by atoms with E-state index in [-0.39, 0.29) is 5.91 Å². The van der Waals surface area contributed by atoms with Crippen molar-refractivity contribution in [2.45, 2.75) is 26.7 Å². The van der Waals surface area contributed by atoms with Crippen LogP contribution >= 0.6 is 0 Å². The zero-order valence-electron chi connectivity index (χ0n) is 16.7. The maximum absolute atomic E-state index is 12.3. The predicted molar refractivity (Wildman–Crippen MR) is 109 cm³/mol. The fraction of sp³-hybridized carbons (Fsp3) is 0.273. The Kier molecular flexibility index (Phi) is 5.99. The molecule has 6 heteroatoms. The van der Waals surface area contributed by atoms with Gasteiger partial charge in [0, 0.05) is 24.8 Å². The Hall–Kier alpha value is -3.28. The number of benzene rings is 2. The van der Waals surface area contributed by atoms with Gasteiger partial charge in [-0.05, 0) is 62.2 Å². The summed E-state index contributed by atoms with van der Waals surface area (Å²) in [4.78, 5) is 12.3. The lowest BCUT2D eigenvalue weighted by atomic mass is 10.1. The van der Waals surface area contributed by atoms with Crippen molar-refractivity contribution in [3.8, 4) is 17.2 Å². The Balaban J connectivity index is 1.57. The Bertz CT molecular complexity index is 962. The van der Waals surface area contributed by atoms with Crippen LogP contribution < -0.4 is 14.8 Å². The summed E-state index contributed by atoms with van der Waals surface area (Å²) in [7, 11) is 3.52. The highest BCUT2D eigenvalue weighted by atomic mass is 16.5. The monoisotopic (exact) mass is 379 g/mol. The first kappa shape index (κ1) is 19.5. The van der Waals surface area contributed by atoms with E-state index in [9.17, 15) is 4.79 Å². The van der Waals surface area contributed by atoms with Crippen molar-refractivity contribution in [3.63, 3.8) is 0 Å². The van der Waals surface area contributed by atoms with Gasteiger partial charge in [0.25, 0.3) is 0 Å². The van der Waals surface area contributed by atoms with E-state index in [2.05, 4.69) is 10.4 Å². The van der Waals surface area contributed by atoms with E-state index >= 15 is 0 Å². The smallest absolute Gasteiger partial charge is 0.224 e. The van der Waals surface area contributed by atoms with E-state index in [1.54, 1.807) is 7.11 Å². The second-order valence-electron chi connectivity index (χ2n) is 6.60. The lowest BCUT2D eigenvalue weighted by Crippen LogP contribution is -2.12. The maximum Gasteiger partial charge on any atom is 0.224 e. The van der Waals surface area contributed by atoms with Gasteiger partial charge < -0.3 is 14.8 Å². The number of rotatable bonds is 7. The molecule has 0 spiro atoms. The largest absolute Gasteiger partial charge is 0.493 e. The number of carbonyl (C=O) groups excluding carboxylic acids is 1. The van der Waals surface area contributed by atoms with Gasteiger partial charge in [-0.2, -0.15) is 5.10 Å². The van der Waals surface area contributed by atoms with Gasteiger partial charge in [0.2, 0.25) is 5.91 Å². The van der Waals surface area contributed by atoms with E-state index in [0.29, 0.717) is 30.1 Å². The molecule has 2 aromatic carbocycles. The number of nitrogens with zero attached hydrogens (tertiary/aromatic N) is 2. The lowest BCUT2D eigenvalue weighted by molar-refractivity contribution is -0.116. The first-order valence-corrected chi connectivity index (χ1v) is 9.17. The van der Waals surface area contributed by atoms with Crippen molar-refractivity contribution in [2.75, 3.05) is 12.4 Å². The molecule has 1 aromatic heterocycles. The molecule has 28 heavy (non-hydrogen) atoms. The average molecular weight is 379 g/mol. The van der Waals surface area contributed by atoms with Crippen LogP contribution in [0.4, 0.5) is 5.69 Å². The summed E-state index contributed by atoms with van der Waals surface area (Å²) in [5, 5.41) is 7.32. The molecule has 1 amide bonds. The fourth-order valence-corrected chi connectivity index (χ4v) is 3.08. The molecular weight excluding hydrogens is 354 g/mol. The number of hydrogen-bond acceptors (Lipinski definition) is 4. The highest BCUT2D eigenvalue weighted by molar-refractivity contribution is 5.90. The molecule has 0 saturated carbocycles. The number of amides is 1. The summed E-state index contributed by atoms with van der Waals surface area (Å²) >= 11 is 0. The van der Waals surface area contributed by atoms with Crippen LogP contribution in [0.1, 0.15) is 23.4 Å².